The molecule has 0 aliphatic carbocycles. The van der Waals surface area contributed by atoms with Crippen LogP contribution < -0.4 is 0 Å². The summed E-state index contributed by atoms with van der Waals surface area (Å²) in [6.45, 7) is 0. The Morgan fingerprint density at radius 2 is 1.83 bits per heavy atom. The standard InChI is InChI=1S/C14H13Cl2NO/c15-11-2-3-12(13(16)9-11)14(18)4-1-10-5-7-17-8-6-10/h2-3,5-9,14,18H,1,4H2. The van der Waals surface area contributed by atoms with E-state index < -0.39 is 6.10 Å². The normalized spacial score (nSPS) is 12.4. The van der Waals surface area contributed by atoms with Crippen LogP contribution in [0.25, 0.3) is 0 Å². The molecule has 0 saturated carbocycles. The Kier molecular flexibility index (Phi) is 4.59. The van der Waals surface area contributed by atoms with Crippen LogP contribution in [0.5, 0.6) is 0 Å². The van der Waals surface area contributed by atoms with Gasteiger partial charge in [0.1, 0.15) is 0 Å². The minimum Gasteiger partial charge on any atom is -0.388 e. The highest BCUT2D eigenvalue weighted by Gasteiger charge is 2.11. The lowest BCUT2D eigenvalue weighted by atomic mass is 10.0. The highest BCUT2D eigenvalue weighted by Crippen LogP contribution is 2.28. The van der Waals surface area contributed by atoms with Crippen LogP contribution in [0.4, 0.5) is 0 Å². The van der Waals surface area contributed by atoms with Gasteiger partial charge in [-0.2, -0.15) is 0 Å². The van der Waals surface area contributed by atoms with Gasteiger partial charge in [0.2, 0.25) is 0 Å². The summed E-state index contributed by atoms with van der Waals surface area (Å²) >= 11 is 11.9. The summed E-state index contributed by atoms with van der Waals surface area (Å²) in [5, 5.41) is 11.2. The van der Waals surface area contributed by atoms with Gasteiger partial charge in [-0.1, -0.05) is 29.3 Å². The molecule has 1 atom stereocenters. The van der Waals surface area contributed by atoms with Crippen LogP contribution in [-0.4, -0.2) is 10.1 Å². The maximum absolute atomic E-state index is 10.1. The van der Waals surface area contributed by atoms with Crippen molar-refractivity contribution in [2.24, 2.45) is 0 Å². The lowest BCUT2D eigenvalue weighted by molar-refractivity contribution is 0.168. The van der Waals surface area contributed by atoms with Crippen molar-refractivity contribution in [3.05, 3.63) is 63.9 Å². The van der Waals surface area contributed by atoms with E-state index in [0.29, 0.717) is 16.5 Å². The molecule has 94 valence electrons. The van der Waals surface area contributed by atoms with Gasteiger partial charge in [0.15, 0.2) is 0 Å². The molecule has 0 radical (unpaired) electrons. The topological polar surface area (TPSA) is 33.1 Å². The zero-order chi connectivity index (χ0) is 13.0. The van der Waals surface area contributed by atoms with Crippen LogP contribution >= 0.6 is 23.2 Å². The van der Waals surface area contributed by atoms with E-state index in [9.17, 15) is 5.11 Å². The van der Waals surface area contributed by atoms with E-state index in [1.807, 2.05) is 12.1 Å². The minimum absolute atomic E-state index is 0.504. The Labute approximate surface area is 116 Å². The van der Waals surface area contributed by atoms with Crippen molar-refractivity contribution >= 4 is 23.2 Å². The van der Waals surface area contributed by atoms with Gasteiger partial charge in [0, 0.05) is 22.4 Å². The van der Waals surface area contributed by atoms with E-state index in [0.717, 1.165) is 17.5 Å². The zero-order valence-electron chi connectivity index (χ0n) is 9.68. The number of rotatable bonds is 4. The smallest absolute Gasteiger partial charge is 0.0807 e. The molecule has 1 N–H and O–H groups in total. The fraction of sp³-hybridized carbons (Fsp3) is 0.214. The molecule has 0 amide bonds. The monoisotopic (exact) mass is 281 g/mol. The minimum atomic E-state index is -0.581. The van der Waals surface area contributed by atoms with Gasteiger partial charge in [0.05, 0.1) is 6.10 Å². The molecule has 1 heterocycles. The number of aliphatic hydroxyl groups excluding tert-OH is 1. The summed E-state index contributed by atoms with van der Waals surface area (Å²) in [5.74, 6) is 0. The number of nitrogens with zero attached hydrogens (tertiary/aromatic N) is 1. The van der Waals surface area contributed by atoms with E-state index in [2.05, 4.69) is 4.98 Å². The third-order valence-electron chi connectivity index (χ3n) is 2.78. The highest BCUT2D eigenvalue weighted by molar-refractivity contribution is 6.35. The van der Waals surface area contributed by atoms with Gasteiger partial charge >= 0.3 is 0 Å². The molecule has 18 heavy (non-hydrogen) atoms. The first-order chi connectivity index (χ1) is 8.66. The summed E-state index contributed by atoms with van der Waals surface area (Å²) < 4.78 is 0. The molecule has 2 nitrogen and oxygen atoms in total. The maximum atomic E-state index is 10.1. The molecule has 2 aromatic rings. The predicted molar refractivity (Wildman–Crippen MR) is 74.0 cm³/mol. The Morgan fingerprint density at radius 1 is 1.11 bits per heavy atom. The second-order valence-corrected chi connectivity index (χ2v) is 4.92. The molecule has 1 unspecified atom stereocenters. The van der Waals surface area contributed by atoms with Gasteiger partial charge < -0.3 is 5.11 Å². The van der Waals surface area contributed by atoms with Crippen molar-refractivity contribution < 1.29 is 5.11 Å². The first-order valence-corrected chi connectivity index (χ1v) is 6.44. The average molecular weight is 282 g/mol. The molecule has 4 heteroatoms. The SMILES string of the molecule is OC(CCc1ccncc1)c1ccc(Cl)cc1Cl. The molecular weight excluding hydrogens is 269 g/mol. The lowest BCUT2D eigenvalue weighted by Crippen LogP contribution is -2.00. The molecule has 0 fully saturated rings. The zero-order valence-corrected chi connectivity index (χ0v) is 11.2. The Hall–Kier alpha value is -1.09. The predicted octanol–water partition coefficient (Wildman–Crippen LogP) is 4.05. The van der Waals surface area contributed by atoms with E-state index in [4.69, 9.17) is 23.2 Å². The second kappa shape index (κ2) is 6.19. The molecule has 1 aromatic heterocycles. The number of benzene rings is 1. The fourth-order valence-corrected chi connectivity index (χ4v) is 2.31. The van der Waals surface area contributed by atoms with Gasteiger partial charge in [-0.05, 0) is 48.2 Å². The van der Waals surface area contributed by atoms with Crippen LogP contribution in [0.1, 0.15) is 23.7 Å². The number of hydrogen-bond donors (Lipinski definition) is 1. The number of aryl methyl sites for hydroxylation is 1. The molecule has 1 aromatic carbocycles. The van der Waals surface area contributed by atoms with Crippen molar-refractivity contribution in [1.82, 2.24) is 4.98 Å². The van der Waals surface area contributed by atoms with Gasteiger partial charge in [0.25, 0.3) is 0 Å². The van der Waals surface area contributed by atoms with Crippen LogP contribution in [0.2, 0.25) is 10.0 Å². The first kappa shape index (κ1) is 13.3. The molecule has 0 aliphatic rings. The Bertz CT molecular complexity index is 516. The van der Waals surface area contributed by atoms with Crippen molar-refractivity contribution in [2.75, 3.05) is 0 Å². The number of halogens is 2. The molecule has 0 aliphatic heterocycles. The fourth-order valence-electron chi connectivity index (χ4n) is 1.78. The summed E-state index contributed by atoms with van der Waals surface area (Å²) in [5.41, 5.74) is 1.87. The van der Waals surface area contributed by atoms with Crippen LogP contribution in [0.15, 0.2) is 42.7 Å². The van der Waals surface area contributed by atoms with E-state index in [1.54, 1.807) is 30.6 Å². The average Bonchev–Trinajstić information content (AvgIpc) is 2.37. The lowest BCUT2D eigenvalue weighted by Gasteiger charge is -2.12. The highest BCUT2D eigenvalue weighted by atomic mass is 35.5. The van der Waals surface area contributed by atoms with E-state index >= 15 is 0 Å². The molecular formula is C14H13Cl2NO. The molecule has 0 bridgehead atoms. The third-order valence-corrected chi connectivity index (χ3v) is 3.34. The van der Waals surface area contributed by atoms with Gasteiger partial charge in [-0.15, -0.1) is 0 Å². The Balaban J connectivity index is 2.01. The van der Waals surface area contributed by atoms with Crippen molar-refractivity contribution in [1.29, 1.82) is 0 Å². The van der Waals surface area contributed by atoms with Crippen molar-refractivity contribution in [2.45, 2.75) is 18.9 Å². The third kappa shape index (κ3) is 3.45. The first-order valence-electron chi connectivity index (χ1n) is 5.69. The summed E-state index contributed by atoms with van der Waals surface area (Å²) in [6, 6.07) is 9.03. The van der Waals surface area contributed by atoms with E-state index in [1.165, 1.54) is 0 Å². The van der Waals surface area contributed by atoms with Crippen molar-refractivity contribution in [3.8, 4) is 0 Å². The maximum Gasteiger partial charge on any atom is 0.0807 e. The number of pyridine rings is 1. The Morgan fingerprint density at radius 3 is 2.50 bits per heavy atom. The largest absolute Gasteiger partial charge is 0.388 e. The van der Waals surface area contributed by atoms with Crippen molar-refractivity contribution in [3.63, 3.8) is 0 Å². The summed E-state index contributed by atoms with van der Waals surface area (Å²) in [7, 11) is 0. The van der Waals surface area contributed by atoms with Gasteiger partial charge in [-0.3, -0.25) is 4.98 Å². The van der Waals surface area contributed by atoms with Gasteiger partial charge in [-0.25, -0.2) is 0 Å². The molecule has 0 spiro atoms. The second-order valence-electron chi connectivity index (χ2n) is 4.08. The van der Waals surface area contributed by atoms with Crippen LogP contribution in [0, 0.1) is 0 Å². The summed E-state index contributed by atoms with van der Waals surface area (Å²) in [6.07, 6.45) is 4.31. The molecule has 0 saturated heterocycles. The van der Waals surface area contributed by atoms with Crippen LogP contribution in [0.3, 0.4) is 0 Å². The number of hydrogen-bond acceptors (Lipinski definition) is 2. The van der Waals surface area contributed by atoms with Crippen LogP contribution in [-0.2, 0) is 6.42 Å². The molecule has 2 rings (SSSR count). The van der Waals surface area contributed by atoms with E-state index in [-0.39, 0.29) is 0 Å². The number of aromatic nitrogens is 1. The quantitative estimate of drug-likeness (QED) is 0.917. The number of aliphatic hydroxyl groups is 1. The summed E-state index contributed by atoms with van der Waals surface area (Å²) in [4.78, 5) is 3.96.